The van der Waals surface area contributed by atoms with Crippen LogP contribution >= 0.6 is 0 Å². The van der Waals surface area contributed by atoms with Gasteiger partial charge < -0.3 is 10.8 Å². The molecular formula is C3H8N2O2. The molecule has 0 aliphatic heterocycles. The molecule has 0 unspecified atom stereocenters. The van der Waals surface area contributed by atoms with Crippen molar-refractivity contribution in [1.29, 1.82) is 0 Å². The lowest BCUT2D eigenvalue weighted by molar-refractivity contribution is 0.191. The number of nitrogens with zero attached hydrogens (tertiary/aromatic N) is 1. The van der Waals surface area contributed by atoms with Crippen LogP contribution in [0.25, 0.3) is 0 Å². The van der Waals surface area contributed by atoms with Crippen molar-refractivity contribution in [3.8, 4) is 0 Å². The summed E-state index contributed by atoms with van der Waals surface area (Å²) < 4.78 is 0. The van der Waals surface area contributed by atoms with Crippen LogP contribution in [0.5, 0.6) is 0 Å². The molecule has 3 N–H and O–H groups in total. The summed E-state index contributed by atoms with van der Waals surface area (Å²) >= 11 is 0. The SMILES string of the molecule is NC[C@H](O)CN=O. The minimum absolute atomic E-state index is 0.101. The fourth-order valence-electron chi connectivity index (χ4n) is 0.161. The first kappa shape index (κ1) is 6.52. The molecule has 1 atom stereocenters. The summed E-state index contributed by atoms with van der Waals surface area (Å²) in [5.74, 6) is 0. The van der Waals surface area contributed by atoms with E-state index < -0.39 is 6.10 Å². The number of nitrogens with two attached hydrogens (primary N) is 1. The average molecular weight is 104 g/mol. The van der Waals surface area contributed by atoms with E-state index in [-0.39, 0.29) is 13.1 Å². The summed E-state index contributed by atoms with van der Waals surface area (Å²) in [5, 5.41) is 10.9. The van der Waals surface area contributed by atoms with Crippen LogP contribution in [0, 0.1) is 4.91 Å². The Bertz CT molecular complexity index is 56.9. The van der Waals surface area contributed by atoms with E-state index in [1.165, 1.54) is 0 Å². The molecule has 0 amide bonds. The highest BCUT2D eigenvalue weighted by Crippen LogP contribution is 1.76. The molecule has 0 spiro atoms. The van der Waals surface area contributed by atoms with Crippen LogP contribution in [-0.2, 0) is 0 Å². The summed E-state index contributed by atoms with van der Waals surface area (Å²) in [6.07, 6.45) is -0.752. The van der Waals surface area contributed by atoms with Gasteiger partial charge in [-0.3, -0.25) is 0 Å². The fourth-order valence-corrected chi connectivity index (χ4v) is 0.161. The lowest BCUT2D eigenvalue weighted by Crippen LogP contribution is -2.22. The summed E-state index contributed by atoms with van der Waals surface area (Å²) in [4.78, 5) is 9.31. The highest BCUT2D eigenvalue weighted by atomic mass is 16.3. The molecule has 0 aliphatic rings. The largest absolute Gasteiger partial charge is 0.390 e. The second-order valence-corrected chi connectivity index (χ2v) is 1.20. The first-order chi connectivity index (χ1) is 3.31. The number of aliphatic hydroxyl groups excluding tert-OH is 1. The maximum atomic E-state index is 9.31. The van der Waals surface area contributed by atoms with Crippen LogP contribution < -0.4 is 5.73 Å². The Morgan fingerprint density at radius 3 is 2.57 bits per heavy atom. The number of aliphatic hydroxyl groups is 1. The monoisotopic (exact) mass is 104 g/mol. The van der Waals surface area contributed by atoms with Gasteiger partial charge in [0.2, 0.25) is 0 Å². The van der Waals surface area contributed by atoms with Gasteiger partial charge in [-0.2, -0.15) is 4.91 Å². The smallest absolute Gasteiger partial charge is 0.108 e. The van der Waals surface area contributed by atoms with Crippen LogP contribution in [0.3, 0.4) is 0 Å². The second-order valence-electron chi connectivity index (χ2n) is 1.20. The molecule has 0 fully saturated rings. The topological polar surface area (TPSA) is 75.7 Å². The molecule has 0 heterocycles. The zero-order valence-electron chi connectivity index (χ0n) is 3.87. The fraction of sp³-hybridized carbons (Fsp3) is 1.00. The maximum Gasteiger partial charge on any atom is 0.108 e. The van der Waals surface area contributed by atoms with Crippen molar-refractivity contribution in [2.75, 3.05) is 13.1 Å². The average Bonchev–Trinajstić information content (AvgIpc) is 1.68. The van der Waals surface area contributed by atoms with E-state index in [0.717, 1.165) is 0 Å². The van der Waals surface area contributed by atoms with E-state index in [0.29, 0.717) is 0 Å². The van der Waals surface area contributed by atoms with Crippen molar-refractivity contribution in [1.82, 2.24) is 0 Å². The van der Waals surface area contributed by atoms with Gasteiger partial charge in [-0.05, 0) is 0 Å². The molecular weight excluding hydrogens is 96.0 g/mol. The van der Waals surface area contributed by atoms with Crippen molar-refractivity contribution in [2.45, 2.75) is 6.10 Å². The molecule has 4 heteroatoms. The molecule has 0 radical (unpaired) electrons. The highest BCUT2D eigenvalue weighted by molar-refractivity contribution is 4.56. The van der Waals surface area contributed by atoms with Crippen LogP contribution in [0.15, 0.2) is 5.18 Å². The highest BCUT2D eigenvalue weighted by Gasteiger charge is 1.96. The van der Waals surface area contributed by atoms with Crippen molar-refractivity contribution in [2.24, 2.45) is 10.9 Å². The molecule has 0 aromatic rings. The van der Waals surface area contributed by atoms with Crippen molar-refractivity contribution >= 4 is 0 Å². The summed E-state index contributed by atoms with van der Waals surface area (Å²) in [5.41, 5.74) is 4.91. The van der Waals surface area contributed by atoms with E-state index in [1.807, 2.05) is 0 Å². The van der Waals surface area contributed by atoms with Crippen LogP contribution in [-0.4, -0.2) is 24.3 Å². The number of rotatable bonds is 3. The zero-order chi connectivity index (χ0) is 5.70. The minimum Gasteiger partial charge on any atom is -0.390 e. The second kappa shape index (κ2) is 3.70. The maximum absolute atomic E-state index is 9.31. The summed E-state index contributed by atoms with van der Waals surface area (Å²) in [6, 6.07) is 0. The quantitative estimate of drug-likeness (QED) is 0.454. The van der Waals surface area contributed by atoms with E-state index in [9.17, 15) is 4.91 Å². The Balaban J connectivity index is 2.98. The van der Waals surface area contributed by atoms with Crippen molar-refractivity contribution < 1.29 is 5.11 Å². The number of nitroso groups, excluding NO2 is 1. The van der Waals surface area contributed by atoms with Gasteiger partial charge in [0.1, 0.15) is 6.54 Å². The van der Waals surface area contributed by atoms with Gasteiger partial charge in [0.25, 0.3) is 0 Å². The molecule has 0 aromatic carbocycles. The van der Waals surface area contributed by atoms with Gasteiger partial charge in [-0.1, -0.05) is 5.18 Å². The molecule has 0 bridgehead atoms. The van der Waals surface area contributed by atoms with Crippen LogP contribution in [0.2, 0.25) is 0 Å². The molecule has 0 rings (SSSR count). The van der Waals surface area contributed by atoms with Gasteiger partial charge in [0.05, 0.1) is 6.10 Å². The first-order valence-corrected chi connectivity index (χ1v) is 1.98. The van der Waals surface area contributed by atoms with Gasteiger partial charge in [-0.25, -0.2) is 0 Å². The molecule has 0 saturated heterocycles. The molecule has 42 valence electrons. The van der Waals surface area contributed by atoms with Crippen LogP contribution in [0.1, 0.15) is 0 Å². The standard InChI is InChI=1S/C3H8N2O2/c4-1-3(6)2-5-7/h3,6H,1-2,4H2/t3-/m0/s1. The summed E-state index contributed by atoms with van der Waals surface area (Å²) in [7, 11) is 0. The third-order valence-corrected chi connectivity index (χ3v) is 0.557. The summed E-state index contributed by atoms with van der Waals surface area (Å²) in [6.45, 7) is 0.00222. The Morgan fingerprint density at radius 2 is 2.43 bits per heavy atom. The van der Waals surface area contributed by atoms with E-state index in [2.05, 4.69) is 5.18 Å². The normalized spacial score (nSPS) is 13.4. The molecule has 0 saturated carbocycles. The molecule has 4 nitrogen and oxygen atoms in total. The molecule has 0 aliphatic carbocycles. The van der Waals surface area contributed by atoms with Crippen molar-refractivity contribution in [3.05, 3.63) is 4.91 Å². The lowest BCUT2D eigenvalue weighted by atomic mass is 10.4. The Kier molecular flexibility index (Phi) is 3.45. The number of hydrogen-bond acceptors (Lipinski definition) is 4. The predicted octanol–water partition coefficient (Wildman–Crippen LogP) is -0.928. The third-order valence-electron chi connectivity index (χ3n) is 0.557. The minimum atomic E-state index is -0.752. The van der Waals surface area contributed by atoms with Gasteiger partial charge in [0, 0.05) is 6.54 Å². The van der Waals surface area contributed by atoms with Gasteiger partial charge in [-0.15, -0.1) is 0 Å². The Hall–Kier alpha value is -0.480. The van der Waals surface area contributed by atoms with Gasteiger partial charge >= 0.3 is 0 Å². The van der Waals surface area contributed by atoms with E-state index >= 15 is 0 Å². The van der Waals surface area contributed by atoms with Crippen LogP contribution in [0.4, 0.5) is 0 Å². The predicted molar refractivity (Wildman–Crippen MR) is 25.7 cm³/mol. The van der Waals surface area contributed by atoms with E-state index in [1.54, 1.807) is 0 Å². The third kappa shape index (κ3) is 3.35. The first-order valence-electron chi connectivity index (χ1n) is 1.98. The lowest BCUT2D eigenvalue weighted by Gasteiger charge is -1.96. The van der Waals surface area contributed by atoms with Gasteiger partial charge in [0.15, 0.2) is 0 Å². The number of hydrogen-bond donors (Lipinski definition) is 2. The van der Waals surface area contributed by atoms with Crippen molar-refractivity contribution in [3.63, 3.8) is 0 Å². The Morgan fingerprint density at radius 1 is 1.86 bits per heavy atom. The molecule has 0 aromatic heterocycles. The Labute approximate surface area is 41.3 Å². The molecule has 7 heavy (non-hydrogen) atoms. The van der Waals surface area contributed by atoms with E-state index in [4.69, 9.17) is 10.8 Å². The zero-order valence-corrected chi connectivity index (χ0v) is 3.87.